The van der Waals surface area contributed by atoms with Crippen molar-refractivity contribution in [1.29, 1.82) is 0 Å². The van der Waals surface area contributed by atoms with Gasteiger partial charge in [-0.25, -0.2) is 9.97 Å². The summed E-state index contributed by atoms with van der Waals surface area (Å²) in [6.45, 7) is 7.91. The first-order valence-corrected chi connectivity index (χ1v) is 7.82. The van der Waals surface area contributed by atoms with Crippen molar-refractivity contribution in [3.8, 4) is 11.5 Å². The highest BCUT2D eigenvalue weighted by atomic mass is 79.9. The van der Waals surface area contributed by atoms with Crippen LogP contribution in [0.5, 0.6) is 0 Å². The largest absolute Gasteiger partial charge is 0.369 e. The molecule has 5 nitrogen and oxygen atoms in total. The molecule has 2 aromatic rings. The Hall–Kier alpha value is -1.43. The average molecular weight is 338 g/mol. The molecule has 0 amide bonds. The van der Waals surface area contributed by atoms with Gasteiger partial charge in [0.15, 0.2) is 5.82 Å². The lowest BCUT2D eigenvalue weighted by Gasteiger charge is -2.12. The molecule has 0 aliphatic rings. The quantitative estimate of drug-likeness (QED) is 0.876. The molecule has 0 saturated carbocycles. The second-order valence-electron chi connectivity index (χ2n) is 4.47. The predicted octanol–water partition coefficient (Wildman–Crippen LogP) is 3.51. The summed E-state index contributed by atoms with van der Waals surface area (Å²) in [5, 5.41) is 7.58. The summed E-state index contributed by atoms with van der Waals surface area (Å²) in [6, 6.07) is 1.96. The van der Waals surface area contributed by atoms with Crippen molar-refractivity contribution in [3.63, 3.8) is 0 Å². The highest BCUT2D eigenvalue weighted by Crippen LogP contribution is 2.28. The minimum Gasteiger partial charge on any atom is -0.369 e. The topological polar surface area (TPSA) is 55.6 Å². The number of halogens is 1. The summed E-state index contributed by atoms with van der Waals surface area (Å²) in [6.07, 6.45) is 3.76. The predicted molar refractivity (Wildman–Crippen MR) is 84.8 cm³/mol. The number of aromatic nitrogens is 4. The normalized spacial score (nSPS) is 10.8. The van der Waals surface area contributed by atoms with Crippen molar-refractivity contribution in [1.82, 2.24) is 19.7 Å². The molecule has 0 fully saturated rings. The van der Waals surface area contributed by atoms with Crippen LogP contribution in [0, 0.1) is 0 Å². The number of aryl methyl sites for hydroxylation is 2. The second kappa shape index (κ2) is 6.83. The third kappa shape index (κ3) is 3.00. The van der Waals surface area contributed by atoms with Crippen LogP contribution in [0.15, 0.2) is 16.7 Å². The van der Waals surface area contributed by atoms with E-state index in [1.165, 1.54) is 0 Å². The molecule has 0 bridgehead atoms. The molecule has 1 N–H and O–H groups in total. The molecule has 108 valence electrons. The Morgan fingerprint density at radius 2 is 2.05 bits per heavy atom. The third-order valence-corrected chi connectivity index (χ3v) is 3.83. The van der Waals surface area contributed by atoms with Crippen LogP contribution in [-0.4, -0.2) is 26.3 Å². The van der Waals surface area contributed by atoms with Crippen LogP contribution in [0.4, 0.5) is 5.82 Å². The number of nitrogens with one attached hydrogen (secondary N) is 1. The molecule has 0 atom stereocenters. The van der Waals surface area contributed by atoms with Gasteiger partial charge in [-0.05, 0) is 42.3 Å². The maximum Gasteiger partial charge on any atom is 0.180 e. The Balaban J connectivity index is 2.52. The zero-order valence-corrected chi connectivity index (χ0v) is 13.7. The SMILES string of the molecule is CCCc1nc(-c2ccnn2CC)nc(NCC)c1Br. The van der Waals surface area contributed by atoms with E-state index in [1.807, 2.05) is 10.7 Å². The van der Waals surface area contributed by atoms with Crippen molar-refractivity contribution in [3.05, 3.63) is 22.4 Å². The van der Waals surface area contributed by atoms with Gasteiger partial charge in [0.25, 0.3) is 0 Å². The van der Waals surface area contributed by atoms with Gasteiger partial charge in [-0.2, -0.15) is 5.10 Å². The molecule has 0 radical (unpaired) electrons. The molecule has 0 spiro atoms. The van der Waals surface area contributed by atoms with Gasteiger partial charge in [0.1, 0.15) is 11.5 Å². The van der Waals surface area contributed by atoms with Crippen LogP contribution < -0.4 is 5.32 Å². The number of rotatable bonds is 6. The van der Waals surface area contributed by atoms with E-state index in [0.29, 0.717) is 0 Å². The Bertz CT molecular complexity index is 552. The monoisotopic (exact) mass is 337 g/mol. The van der Waals surface area contributed by atoms with E-state index in [-0.39, 0.29) is 0 Å². The lowest BCUT2D eigenvalue weighted by atomic mass is 10.2. The van der Waals surface area contributed by atoms with Gasteiger partial charge in [0.2, 0.25) is 0 Å². The Kier molecular flexibility index (Phi) is 5.11. The fourth-order valence-electron chi connectivity index (χ4n) is 2.07. The molecule has 2 rings (SSSR count). The number of hydrogen-bond donors (Lipinski definition) is 1. The van der Waals surface area contributed by atoms with E-state index >= 15 is 0 Å². The first-order chi connectivity index (χ1) is 9.71. The summed E-state index contributed by atoms with van der Waals surface area (Å²) in [7, 11) is 0. The van der Waals surface area contributed by atoms with Gasteiger partial charge >= 0.3 is 0 Å². The first kappa shape index (κ1) is 15.0. The van der Waals surface area contributed by atoms with Crippen molar-refractivity contribution < 1.29 is 0 Å². The number of anilines is 1. The lowest BCUT2D eigenvalue weighted by Crippen LogP contribution is -2.08. The lowest BCUT2D eigenvalue weighted by molar-refractivity contribution is 0.663. The minimum atomic E-state index is 0.729. The standard InChI is InChI=1S/C14H20BrN5/c1-4-7-10-12(15)14(16-5-2)19-13(18-10)11-8-9-17-20(11)6-3/h8-9H,4-7H2,1-3H3,(H,16,18,19). The van der Waals surface area contributed by atoms with Crippen LogP contribution in [0.2, 0.25) is 0 Å². The van der Waals surface area contributed by atoms with Gasteiger partial charge in [-0.15, -0.1) is 0 Å². The van der Waals surface area contributed by atoms with Crippen molar-refractivity contribution >= 4 is 21.7 Å². The molecule has 20 heavy (non-hydrogen) atoms. The van der Waals surface area contributed by atoms with E-state index in [2.05, 4.69) is 52.1 Å². The maximum absolute atomic E-state index is 4.70. The summed E-state index contributed by atoms with van der Waals surface area (Å²) >= 11 is 3.61. The molecule has 0 aromatic carbocycles. The van der Waals surface area contributed by atoms with E-state index in [0.717, 1.165) is 53.4 Å². The molecular formula is C14H20BrN5. The summed E-state index contributed by atoms with van der Waals surface area (Å²) in [4.78, 5) is 9.32. The van der Waals surface area contributed by atoms with Crippen LogP contribution in [0.25, 0.3) is 11.5 Å². The van der Waals surface area contributed by atoms with Crippen molar-refractivity contribution in [2.45, 2.75) is 40.2 Å². The maximum atomic E-state index is 4.70. The van der Waals surface area contributed by atoms with Crippen molar-refractivity contribution in [2.24, 2.45) is 0 Å². The Morgan fingerprint density at radius 3 is 2.70 bits per heavy atom. The van der Waals surface area contributed by atoms with Gasteiger partial charge in [0.05, 0.1) is 10.2 Å². The van der Waals surface area contributed by atoms with E-state index in [4.69, 9.17) is 4.98 Å². The second-order valence-corrected chi connectivity index (χ2v) is 5.26. The summed E-state index contributed by atoms with van der Waals surface area (Å²) in [5.41, 5.74) is 1.99. The van der Waals surface area contributed by atoms with E-state index in [9.17, 15) is 0 Å². The zero-order valence-electron chi connectivity index (χ0n) is 12.1. The van der Waals surface area contributed by atoms with Gasteiger partial charge in [0, 0.05) is 19.3 Å². The molecule has 6 heteroatoms. The average Bonchev–Trinajstić information content (AvgIpc) is 2.92. The molecule has 2 aromatic heterocycles. The summed E-state index contributed by atoms with van der Waals surface area (Å²) < 4.78 is 2.88. The molecule has 0 unspecified atom stereocenters. The fourth-order valence-corrected chi connectivity index (χ4v) is 2.59. The van der Waals surface area contributed by atoms with Gasteiger partial charge < -0.3 is 5.32 Å². The molecule has 0 aliphatic carbocycles. The Morgan fingerprint density at radius 1 is 1.25 bits per heavy atom. The van der Waals surface area contributed by atoms with Crippen LogP contribution >= 0.6 is 15.9 Å². The Labute approximate surface area is 128 Å². The summed E-state index contributed by atoms with van der Waals surface area (Å²) in [5.74, 6) is 1.58. The first-order valence-electron chi connectivity index (χ1n) is 7.03. The number of nitrogens with zero attached hydrogens (tertiary/aromatic N) is 4. The van der Waals surface area contributed by atoms with Crippen molar-refractivity contribution in [2.75, 3.05) is 11.9 Å². The van der Waals surface area contributed by atoms with Crippen LogP contribution in [0.1, 0.15) is 32.9 Å². The molecular weight excluding hydrogens is 318 g/mol. The van der Waals surface area contributed by atoms with Gasteiger partial charge in [-0.1, -0.05) is 13.3 Å². The fraction of sp³-hybridized carbons (Fsp3) is 0.500. The minimum absolute atomic E-state index is 0.729. The van der Waals surface area contributed by atoms with E-state index in [1.54, 1.807) is 6.20 Å². The smallest absolute Gasteiger partial charge is 0.180 e. The highest BCUT2D eigenvalue weighted by Gasteiger charge is 2.15. The van der Waals surface area contributed by atoms with Gasteiger partial charge in [-0.3, -0.25) is 4.68 Å². The zero-order chi connectivity index (χ0) is 14.5. The molecule has 0 aliphatic heterocycles. The number of hydrogen-bond acceptors (Lipinski definition) is 4. The van der Waals surface area contributed by atoms with E-state index < -0.39 is 0 Å². The highest BCUT2D eigenvalue weighted by molar-refractivity contribution is 9.10. The third-order valence-electron chi connectivity index (χ3n) is 3.00. The molecule has 0 saturated heterocycles. The molecule has 2 heterocycles. The van der Waals surface area contributed by atoms with Crippen LogP contribution in [-0.2, 0) is 13.0 Å². The van der Waals surface area contributed by atoms with Crippen LogP contribution in [0.3, 0.4) is 0 Å².